The highest BCUT2D eigenvalue weighted by molar-refractivity contribution is 5.90. The molecule has 0 saturated carbocycles. The molecule has 0 bridgehead atoms. The van der Waals surface area contributed by atoms with Crippen LogP contribution in [0.15, 0.2) is 85.0 Å². The first kappa shape index (κ1) is 31.2. The molecule has 6 nitrogen and oxygen atoms in total. The molecule has 0 saturated heterocycles. The zero-order valence-corrected chi connectivity index (χ0v) is 24.8. The first-order chi connectivity index (χ1) is 20.4. The summed E-state index contributed by atoms with van der Waals surface area (Å²) in [4.78, 5) is 36.0. The van der Waals surface area contributed by atoms with Crippen LogP contribution in [0, 0.1) is 5.82 Å². The summed E-state index contributed by atoms with van der Waals surface area (Å²) in [5, 5.41) is 0. The van der Waals surface area contributed by atoms with E-state index in [1.54, 1.807) is 31.2 Å². The Bertz CT molecular complexity index is 1600. The van der Waals surface area contributed by atoms with E-state index < -0.39 is 17.8 Å². The lowest BCUT2D eigenvalue weighted by Crippen LogP contribution is -2.10. The van der Waals surface area contributed by atoms with E-state index in [4.69, 9.17) is 14.2 Å². The van der Waals surface area contributed by atoms with Crippen LogP contribution in [0.1, 0.15) is 50.3 Å². The minimum Gasteiger partial charge on any atom is -0.462 e. The number of esters is 3. The predicted molar refractivity (Wildman–Crippen MR) is 164 cm³/mol. The minimum atomic E-state index is -0.638. The van der Waals surface area contributed by atoms with Gasteiger partial charge in [-0.2, -0.15) is 0 Å². The van der Waals surface area contributed by atoms with Gasteiger partial charge in [-0.1, -0.05) is 44.0 Å². The molecular weight excluding hydrogens is 547 g/mol. The minimum absolute atomic E-state index is 0.127. The molecule has 0 heterocycles. The number of aryl methyl sites for hydroxylation is 1. The van der Waals surface area contributed by atoms with E-state index in [9.17, 15) is 14.4 Å². The second kappa shape index (κ2) is 13.5. The van der Waals surface area contributed by atoms with Crippen LogP contribution in [-0.2, 0) is 38.4 Å². The van der Waals surface area contributed by atoms with Gasteiger partial charge in [0.05, 0.1) is 6.61 Å². The monoisotopic (exact) mass is 582 g/mol. The molecule has 3 aromatic carbocycles. The highest BCUT2D eigenvalue weighted by Crippen LogP contribution is 2.38. The highest BCUT2D eigenvalue weighted by atomic mass is 19.1. The van der Waals surface area contributed by atoms with Crippen molar-refractivity contribution in [2.45, 2.75) is 52.9 Å². The van der Waals surface area contributed by atoms with E-state index in [-0.39, 0.29) is 28.6 Å². The molecule has 0 fully saturated rings. The molecule has 0 atom stereocenters. The van der Waals surface area contributed by atoms with Gasteiger partial charge in [0.1, 0.15) is 17.3 Å². The lowest BCUT2D eigenvalue weighted by atomic mass is 9.91. The summed E-state index contributed by atoms with van der Waals surface area (Å²) in [5.74, 6) is -1.81. The van der Waals surface area contributed by atoms with E-state index in [0.717, 1.165) is 36.8 Å². The van der Waals surface area contributed by atoms with Gasteiger partial charge in [0.2, 0.25) is 0 Å². The molecule has 43 heavy (non-hydrogen) atoms. The van der Waals surface area contributed by atoms with Crippen molar-refractivity contribution in [3.63, 3.8) is 0 Å². The largest absolute Gasteiger partial charge is 0.462 e. The van der Waals surface area contributed by atoms with E-state index in [1.165, 1.54) is 37.1 Å². The zero-order chi connectivity index (χ0) is 31.3. The van der Waals surface area contributed by atoms with Gasteiger partial charge in [-0.3, -0.25) is 0 Å². The van der Waals surface area contributed by atoms with Crippen molar-refractivity contribution in [2.75, 3.05) is 6.61 Å². The molecule has 0 unspecified atom stereocenters. The molecule has 4 rings (SSSR count). The number of benzene rings is 3. The number of carbonyl (C=O) groups is 3. The van der Waals surface area contributed by atoms with E-state index in [0.29, 0.717) is 35.3 Å². The molecule has 0 aliphatic heterocycles. The number of ether oxygens (including phenoxy) is 3. The van der Waals surface area contributed by atoms with Crippen molar-refractivity contribution in [3.05, 3.63) is 107 Å². The first-order valence-corrected chi connectivity index (χ1v) is 14.1. The molecule has 0 N–H and O–H groups in total. The third-order valence-electron chi connectivity index (χ3n) is 7.14. The Hall–Kier alpha value is -4.78. The number of carbonyl (C=O) groups excluding carboxylic acids is 3. The van der Waals surface area contributed by atoms with Crippen LogP contribution in [0.3, 0.4) is 0 Å². The fourth-order valence-corrected chi connectivity index (χ4v) is 4.98. The number of fused-ring (bicyclic) bond motifs is 1. The Morgan fingerprint density at radius 1 is 0.721 bits per heavy atom. The lowest BCUT2D eigenvalue weighted by molar-refractivity contribution is -0.139. The van der Waals surface area contributed by atoms with Gasteiger partial charge in [-0.15, -0.1) is 0 Å². The van der Waals surface area contributed by atoms with Crippen LogP contribution >= 0.6 is 0 Å². The molecule has 1 aliphatic rings. The standard InChI is InChI=1S/C36H35FO6/c1-21(2)34(38)41-16-8-9-24-12-14-31(30-11-7-10-29(24)30)32-15-13-25(19-33(32)37)26-17-27(42-35(39)22(3)4)20-28(18-26)43-36(40)23(5)6/h12-15,17-20H,1,3,5,7-11,16H2,2,4,6H3. The summed E-state index contributed by atoms with van der Waals surface area (Å²) in [6, 6.07) is 13.5. The van der Waals surface area contributed by atoms with Crippen molar-refractivity contribution in [1.29, 1.82) is 0 Å². The molecule has 0 amide bonds. The van der Waals surface area contributed by atoms with Gasteiger partial charge >= 0.3 is 17.9 Å². The van der Waals surface area contributed by atoms with Gasteiger partial charge in [-0.25, -0.2) is 18.8 Å². The quantitative estimate of drug-likeness (QED) is 0.1000. The Balaban J connectivity index is 1.62. The van der Waals surface area contributed by atoms with Crippen molar-refractivity contribution in [3.8, 4) is 33.8 Å². The maximum Gasteiger partial charge on any atom is 0.338 e. The third-order valence-corrected chi connectivity index (χ3v) is 7.14. The van der Waals surface area contributed by atoms with E-state index >= 15 is 4.39 Å². The predicted octanol–water partition coefficient (Wildman–Crippen LogP) is 7.66. The molecule has 222 valence electrons. The summed E-state index contributed by atoms with van der Waals surface area (Å²) in [7, 11) is 0. The molecule has 7 heteroatoms. The van der Waals surface area contributed by atoms with Crippen LogP contribution in [0.2, 0.25) is 0 Å². The average molecular weight is 583 g/mol. The van der Waals surface area contributed by atoms with Crippen molar-refractivity contribution in [2.24, 2.45) is 0 Å². The third kappa shape index (κ3) is 7.55. The van der Waals surface area contributed by atoms with Gasteiger partial charge in [0.15, 0.2) is 0 Å². The zero-order valence-electron chi connectivity index (χ0n) is 24.8. The molecule has 1 aliphatic carbocycles. The Kier molecular flexibility index (Phi) is 9.76. The number of hydrogen-bond acceptors (Lipinski definition) is 6. The summed E-state index contributed by atoms with van der Waals surface area (Å²) in [6.07, 6.45) is 4.23. The summed E-state index contributed by atoms with van der Waals surface area (Å²) >= 11 is 0. The summed E-state index contributed by atoms with van der Waals surface area (Å²) < 4.78 is 31.8. The molecular formula is C36H35FO6. The van der Waals surface area contributed by atoms with Gasteiger partial charge < -0.3 is 14.2 Å². The van der Waals surface area contributed by atoms with Crippen molar-refractivity contribution in [1.82, 2.24) is 0 Å². The fourth-order valence-electron chi connectivity index (χ4n) is 4.98. The van der Waals surface area contributed by atoms with E-state index in [1.807, 2.05) is 12.1 Å². The summed E-state index contributed by atoms with van der Waals surface area (Å²) in [6.45, 7) is 15.8. The Morgan fingerprint density at radius 2 is 1.30 bits per heavy atom. The molecule has 0 aromatic heterocycles. The summed E-state index contributed by atoms with van der Waals surface area (Å²) in [5.41, 5.74) is 6.71. The Labute approximate surface area is 251 Å². The topological polar surface area (TPSA) is 78.9 Å². The van der Waals surface area contributed by atoms with Crippen LogP contribution in [0.25, 0.3) is 22.3 Å². The normalized spacial score (nSPS) is 11.8. The molecule has 3 aromatic rings. The van der Waals surface area contributed by atoms with Crippen molar-refractivity contribution < 1.29 is 33.0 Å². The smallest absolute Gasteiger partial charge is 0.338 e. The second-order valence-corrected chi connectivity index (χ2v) is 10.8. The maximum atomic E-state index is 15.8. The number of hydrogen-bond donors (Lipinski definition) is 0. The van der Waals surface area contributed by atoms with Crippen LogP contribution in [0.5, 0.6) is 11.5 Å². The number of halogens is 1. The van der Waals surface area contributed by atoms with Crippen LogP contribution in [-0.4, -0.2) is 24.5 Å². The first-order valence-electron chi connectivity index (χ1n) is 14.1. The SMILES string of the molecule is C=C(C)C(=O)OCCCc1ccc(-c2ccc(-c3cc(OC(=O)C(=C)C)cc(OC(=O)C(=C)C)c3)cc2F)c2c1CCC2. The van der Waals surface area contributed by atoms with Gasteiger partial charge in [0, 0.05) is 28.3 Å². The van der Waals surface area contributed by atoms with Gasteiger partial charge in [-0.05, 0) is 104 Å². The van der Waals surface area contributed by atoms with Gasteiger partial charge in [0.25, 0.3) is 0 Å². The average Bonchev–Trinajstić information content (AvgIpc) is 3.45. The molecule has 0 radical (unpaired) electrons. The van der Waals surface area contributed by atoms with Crippen LogP contribution < -0.4 is 9.47 Å². The maximum absolute atomic E-state index is 15.8. The fraction of sp³-hybridized carbons (Fsp3) is 0.250. The Morgan fingerprint density at radius 3 is 1.88 bits per heavy atom. The van der Waals surface area contributed by atoms with Crippen LogP contribution in [0.4, 0.5) is 4.39 Å². The highest BCUT2D eigenvalue weighted by Gasteiger charge is 2.21. The van der Waals surface area contributed by atoms with Crippen molar-refractivity contribution >= 4 is 17.9 Å². The molecule has 0 spiro atoms. The number of rotatable bonds is 11. The second-order valence-electron chi connectivity index (χ2n) is 10.8. The lowest BCUT2D eigenvalue weighted by Gasteiger charge is -2.15. The van der Waals surface area contributed by atoms with E-state index in [2.05, 4.69) is 19.7 Å².